The van der Waals surface area contributed by atoms with Crippen LogP contribution in [0.4, 0.5) is 0 Å². The second kappa shape index (κ2) is 5.07. The molecule has 0 radical (unpaired) electrons. The predicted molar refractivity (Wildman–Crippen MR) is 75.2 cm³/mol. The fourth-order valence-electron chi connectivity index (χ4n) is 2.77. The van der Waals surface area contributed by atoms with Gasteiger partial charge in [-0.25, -0.2) is 0 Å². The third-order valence-electron chi connectivity index (χ3n) is 3.76. The molecule has 2 heteroatoms. The Labute approximate surface area is 111 Å². The van der Waals surface area contributed by atoms with E-state index in [4.69, 9.17) is 0 Å². The lowest BCUT2D eigenvalue weighted by atomic mass is 9.93. The van der Waals surface area contributed by atoms with Crippen molar-refractivity contribution in [3.63, 3.8) is 0 Å². The quantitative estimate of drug-likeness (QED) is 0.808. The van der Waals surface area contributed by atoms with Gasteiger partial charge in [-0.2, -0.15) is 11.3 Å². The highest BCUT2D eigenvalue weighted by Gasteiger charge is 2.27. The number of ketones is 1. The first kappa shape index (κ1) is 11.7. The number of hydrogen-bond acceptors (Lipinski definition) is 2. The average molecular weight is 256 g/mol. The minimum Gasteiger partial charge on any atom is -0.299 e. The van der Waals surface area contributed by atoms with Crippen LogP contribution in [-0.2, 0) is 17.6 Å². The number of hydrogen-bond donors (Lipinski definition) is 0. The van der Waals surface area contributed by atoms with Crippen molar-refractivity contribution in [1.29, 1.82) is 0 Å². The van der Waals surface area contributed by atoms with Crippen LogP contribution in [0.1, 0.15) is 35.4 Å². The summed E-state index contributed by atoms with van der Waals surface area (Å²) in [5, 5.41) is 4.21. The van der Waals surface area contributed by atoms with E-state index in [9.17, 15) is 4.79 Å². The third-order valence-corrected chi connectivity index (χ3v) is 4.49. The molecule has 0 saturated heterocycles. The Bertz CT molecular complexity index is 542. The molecule has 1 aliphatic rings. The number of carbonyl (C=O) groups excluding carboxylic acids is 1. The van der Waals surface area contributed by atoms with Gasteiger partial charge in [-0.3, -0.25) is 4.79 Å². The first-order chi connectivity index (χ1) is 8.84. The number of benzene rings is 1. The summed E-state index contributed by atoms with van der Waals surface area (Å²) < 4.78 is 0. The molecule has 0 fully saturated rings. The van der Waals surface area contributed by atoms with Crippen LogP contribution in [-0.4, -0.2) is 5.78 Å². The predicted octanol–water partition coefficient (Wildman–Crippen LogP) is 3.98. The molecular weight excluding hydrogens is 240 g/mol. The van der Waals surface area contributed by atoms with E-state index < -0.39 is 0 Å². The Morgan fingerprint density at radius 2 is 2.17 bits per heavy atom. The number of rotatable bonds is 4. The van der Waals surface area contributed by atoms with E-state index in [0.717, 1.165) is 19.3 Å². The number of thiophene rings is 1. The highest BCUT2D eigenvalue weighted by atomic mass is 32.1. The Kier molecular flexibility index (Phi) is 3.28. The molecule has 0 spiro atoms. The van der Waals surface area contributed by atoms with Gasteiger partial charge < -0.3 is 0 Å². The van der Waals surface area contributed by atoms with Crippen LogP contribution in [0.3, 0.4) is 0 Å². The van der Waals surface area contributed by atoms with Crippen molar-refractivity contribution in [2.45, 2.75) is 31.6 Å². The zero-order valence-corrected chi connectivity index (χ0v) is 11.1. The summed E-state index contributed by atoms with van der Waals surface area (Å²) in [6.45, 7) is 0. The molecule has 1 heterocycles. The smallest absolute Gasteiger partial charge is 0.140 e. The molecule has 3 rings (SSSR count). The van der Waals surface area contributed by atoms with Gasteiger partial charge in [0.15, 0.2) is 0 Å². The molecule has 0 N–H and O–H groups in total. The lowest BCUT2D eigenvalue weighted by molar-refractivity contribution is -0.120. The van der Waals surface area contributed by atoms with Crippen molar-refractivity contribution < 1.29 is 4.79 Å². The standard InChI is InChI=1S/C16H16OS/c17-16(8-5-12-9-10-18-11-12)15-7-6-13-3-1-2-4-14(13)15/h1-4,9-11,15H,5-8H2. The van der Waals surface area contributed by atoms with Crippen molar-refractivity contribution in [3.8, 4) is 0 Å². The minimum absolute atomic E-state index is 0.153. The van der Waals surface area contributed by atoms with Crippen molar-refractivity contribution in [2.24, 2.45) is 0 Å². The minimum atomic E-state index is 0.153. The molecule has 1 aliphatic carbocycles. The van der Waals surface area contributed by atoms with Gasteiger partial charge in [-0.15, -0.1) is 0 Å². The number of carbonyl (C=O) groups is 1. The zero-order chi connectivity index (χ0) is 12.4. The maximum atomic E-state index is 12.3. The molecule has 1 aromatic carbocycles. The van der Waals surface area contributed by atoms with Gasteiger partial charge in [0.1, 0.15) is 5.78 Å². The monoisotopic (exact) mass is 256 g/mol. The molecular formula is C16H16OS. The number of Topliss-reactive ketones (excluding diaryl/α,β-unsaturated/α-hetero) is 1. The lowest BCUT2D eigenvalue weighted by Crippen LogP contribution is -2.10. The normalized spacial score (nSPS) is 17.7. The van der Waals surface area contributed by atoms with Crippen molar-refractivity contribution >= 4 is 17.1 Å². The first-order valence-electron chi connectivity index (χ1n) is 6.46. The molecule has 0 amide bonds. The summed E-state index contributed by atoms with van der Waals surface area (Å²) >= 11 is 1.70. The largest absolute Gasteiger partial charge is 0.299 e. The van der Waals surface area contributed by atoms with Crippen LogP contribution in [0.15, 0.2) is 41.1 Å². The van der Waals surface area contributed by atoms with Gasteiger partial charge in [0.05, 0.1) is 0 Å². The van der Waals surface area contributed by atoms with E-state index in [0.29, 0.717) is 12.2 Å². The highest BCUT2D eigenvalue weighted by molar-refractivity contribution is 7.07. The molecule has 1 atom stereocenters. The van der Waals surface area contributed by atoms with Crippen LogP contribution >= 0.6 is 11.3 Å². The summed E-state index contributed by atoms with van der Waals surface area (Å²) in [6.07, 6.45) is 3.63. The summed E-state index contributed by atoms with van der Waals surface area (Å²) in [6, 6.07) is 10.5. The van der Waals surface area contributed by atoms with Gasteiger partial charge in [-0.1, -0.05) is 24.3 Å². The molecule has 0 aliphatic heterocycles. The van der Waals surface area contributed by atoms with Gasteiger partial charge in [0.25, 0.3) is 0 Å². The van der Waals surface area contributed by atoms with Gasteiger partial charge in [-0.05, 0) is 52.8 Å². The van der Waals surface area contributed by atoms with E-state index in [1.807, 2.05) is 6.07 Å². The molecule has 0 saturated carbocycles. The van der Waals surface area contributed by atoms with Crippen LogP contribution in [0.5, 0.6) is 0 Å². The Morgan fingerprint density at radius 3 is 3.00 bits per heavy atom. The van der Waals surface area contributed by atoms with Crippen LogP contribution in [0, 0.1) is 0 Å². The van der Waals surface area contributed by atoms with E-state index in [-0.39, 0.29) is 5.92 Å². The summed E-state index contributed by atoms with van der Waals surface area (Å²) in [5.41, 5.74) is 3.93. The van der Waals surface area contributed by atoms with Crippen molar-refractivity contribution in [2.75, 3.05) is 0 Å². The third kappa shape index (κ3) is 2.25. The number of fused-ring (bicyclic) bond motifs is 1. The van der Waals surface area contributed by atoms with Crippen LogP contribution in [0.25, 0.3) is 0 Å². The van der Waals surface area contributed by atoms with E-state index in [1.54, 1.807) is 11.3 Å². The molecule has 1 aromatic heterocycles. The van der Waals surface area contributed by atoms with E-state index in [2.05, 4.69) is 35.0 Å². The van der Waals surface area contributed by atoms with Crippen molar-refractivity contribution in [3.05, 3.63) is 57.8 Å². The summed E-state index contributed by atoms with van der Waals surface area (Å²) in [5.74, 6) is 0.561. The summed E-state index contributed by atoms with van der Waals surface area (Å²) in [4.78, 5) is 12.3. The number of aryl methyl sites for hydroxylation is 2. The summed E-state index contributed by atoms with van der Waals surface area (Å²) in [7, 11) is 0. The second-order valence-corrected chi connectivity index (χ2v) is 5.67. The Balaban J connectivity index is 1.67. The molecule has 0 bridgehead atoms. The maximum absolute atomic E-state index is 12.3. The molecule has 2 aromatic rings. The van der Waals surface area contributed by atoms with Gasteiger partial charge in [0, 0.05) is 12.3 Å². The van der Waals surface area contributed by atoms with E-state index in [1.165, 1.54) is 16.7 Å². The van der Waals surface area contributed by atoms with Crippen molar-refractivity contribution in [1.82, 2.24) is 0 Å². The fourth-order valence-corrected chi connectivity index (χ4v) is 3.47. The molecule has 1 nitrogen and oxygen atoms in total. The second-order valence-electron chi connectivity index (χ2n) is 4.89. The molecule has 92 valence electrons. The SMILES string of the molecule is O=C(CCc1ccsc1)C1CCc2ccccc21. The van der Waals surface area contributed by atoms with Gasteiger partial charge >= 0.3 is 0 Å². The Morgan fingerprint density at radius 1 is 1.28 bits per heavy atom. The van der Waals surface area contributed by atoms with Gasteiger partial charge in [0.2, 0.25) is 0 Å². The lowest BCUT2D eigenvalue weighted by Gasteiger charge is -2.09. The molecule has 1 unspecified atom stereocenters. The Hall–Kier alpha value is -1.41. The zero-order valence-electron chi connectivity index (χ0n) is 10.3. The van der Waals surface area contributed by atoms with E-state index >= 15 is 0 Å². The fraction of sp³-hybridized carbons (Fsp3) is 0.312. The first-order valence-corrected chi connectivity index (χ1v) is 7.40. The highest BCUT2D eigenvalue weighted by Crippen LogP contribution is 2.34. The average Bonchev–Trinajstić information content (AvgIpc) is 3.05. The topological polar surface area (TPSA) is 17.1 Å². The molecule has 18 heavy (non-hydrogen) atoms. The maximum Gasteiger partial charge on any atom is 0.140 e. The van der Waals surface area contributed by atoms with Crippen LogP contribution in [0.2, 0.25) is 0 Å². The van der Waals surface area contributed by atoms with Crippen LogP contribution < -0.4 is 0 Å².